The Kier molecular flexibility index (Phi) is 5.15. The molecule has 0 radical (unpaired) electrons. The summed E-state index contributed by atoms with van der Waals surface area (Å²) in [6, 6.07) is 8.88. The molecule has 1 aromatic heterocycles. The summed E-state index contributed by atoms with van der Waals surface area (Å²) in [6.45, 7) is -0.581. The third kappa shape index (κ3) is 4.26. The van der Waals surface area contributed by atoms with Crippen LogP contribution in [-0.2, 0) is 6.18 Å². The zero-order chi connectivity index (χ0) is 19.6. The van der Waals surface area contributed by atoms with Crippen molar-refractivity contribution in [2.75, 3.05) is 13.2 Å². The number of hydrogen-bond acceptors (Lipinski definition) is 5. The minimum atomic E-state index is -4.42. The molecule has 3 aromatic rings. The standard InChI is InChI=1S/C18H15F3N2O4/c19-18(20,21)12-4-1-10(2-5-12)17-23-14-7-11(3-6-15(14)27-17)16(26)22-8-13(25)9-24/h1-7,13,24-25H,8-9H2,(H,22,26)/t13-/m0/s1. The highest BCUT2D eigenvalue weighted by Gasteiger charge is 2.30. The lowest BCUT2D eigenvalue weighted by Crippen LogP contribution is -2.33. The van der Waals surface area contributed by atoms with Crippen LogP contribution in [0.3, 0.4) is 0 Å². The van der Waals surface area contributed by atoms with Gasteiger partial charge in [0.1, 0.15) is 5.52 Å². The van der Waals surface area contributed by atoms with Gasteiger partial charge < -0.3 is 19.9 Å². The Morgan fingerprint density at radius 2 is 1.89 bits per heavy atom. The lowest BCUT2D eigenvalue weighted by Gasteiger charge is -2.08. The number of carbonyl (C=O) groups excluding carboxylic acids is 1. The molecule has 1 atom stereocenters. The Bertz CT molecular complexity index is 951. The van der Waals surface area contributed by atoms with E-state index in [4.69, 9.17) is 9.52 Å². The SMILES string of the molecule is O=C(NC[C@H](O)CO)c1ccc2oc(-c3ccc(C(F)(F)F)cc3)nc2c1. The summed E-state index contributed by atoms with van der Waals surface area (Å²) in [6.07, 6.45) is -5.48. The number of aromatic nitrogens is 1. The average molecular weight is 380 g/mol. The van der Waals surface area contributed by atoms with Crippen molar-refractivity contribution in [1.82, 2.24) is 10.3 Å². The molecule has 27 heavy (non-hydrogen) atoms. The van der Waals surface area contributed by atoms with E-state index in [1.54, 1.807) is 0 Å². The van der Waals surface area contributed by atoms with Crippen molar-refractivity contribution in [2.24, 2.45) is 0 Å². The van der Waals surface area contributed by atoms with Gasteiger partial charge in [-0.3, -0.25) is 4.79 Å². The molecule has 3 N–H and O–H groups in total. The lowest BCUT2D eigenvalue weighted by atomic mass is 10.1. The molecule has 9 heteroatoms. The normalized spacial score (nSPS) is 12.9. The molecule has 0 saturated heterocycles. The van der Waals surface area contributed by atoms with Crippen molar-refractivity contribution in [2.45, 2.75) is 12.3 Å². The first-order valence-corrected chi connectivity index (χ1v) is 7.93. The lowest BCUT2D eigenvalue weighted by molar-refractivity contribution is -0.137. The number of benzene rings is 2. The van der Waals surface area contributed by atoms with Crippen molar-refractivity contribution in [3.05, 3.63) is 53.6 Å². The van der Waals surface area contributed by atoms with Gasteiger partial charge in [-0.25, -0.2) is 4.98 Å². The number of oxazole rings is 1. The third-order valence-electron chi connectivity index (χ3n) is 3.82. The zero-order valence-corrected chi connectivity index (χ0v) is 13.8. The van der Waals surface area contributed by atoms with Crippen LogP contribution in [0.25, 0.3) is 22.6 Å². The second-order valence-electron chi connectivity index (χ2n) is 5.82. The average Bonchev–Trinajstić information content (AvgIpc) is 3.08. The number of fused-ring (bicyclic) bond motifs is 1. The first kappa shape index (κ1) is 18.9. The molecule has 0 aliphatic heterocycles. The molecule has 0 unspecified atom stereocenters. The van der Waals surface area contributed by atoms with Crippen molar-refractivity contribution in [1.29, 1.82) is 0 Å². The summed E-state index contributed by atoms with van der Waals surface area (Å²) in [5.74, 6) is -0.338. The second-order valence-corrected chi connectivity index (χ2v) is 5.82. The van der Waals surface area contributed by atoms with Gasteiger partial charge in [-0.1, -0.05) is 0 Å². The van der Waals surface area contributed by atoms with Crippen LogP contribution in [0.4, 0.5) is 13.2 Å². The number of alkyl halides is 3. The maximum atomic E-state index is 12.6. The maximum Gasteiger partial charge on any atom is 0.416 e. The van der Waals surface area contributed by atoms with E-state index in [1.165, 1.54) is 30.3 Å². The number of aliphatic hydroxyl groups excluding tert-OH is 2. The Balaban J connectivity index is 1.82. The summed E-state index contributed by atoms with van der Waals surface area (Å²) >= 11 is 0. The van der Waals surface area contributed by atoms with Crippen molar-refractivity contribution < 1.29 is 32.6 Å². The van der Waals surface area contributed by atoms with Gasteiger partial charge in [-0.05, 0) is 42.5 Å². The van der Waals surface area contributed by atoms with E-state index < -0.39 is 30.4 Å². The van der Waals surface area contributed by atoms with Gasteiger partial charge >= 0.3 is 6.18 Å². The fraction of sp³-hybridized carbons (Fsp3) is 0.222. The van der Waals surface area contributed by atoms with E-state index in [2.05, 4.69) is 10.3 Å². The molecule has 0 bridgehead atoms. The molecule has 0 fully saturated rings. The molecule has 1 heterocycles. The Morgan fingerprint density at radius 3 is 2.52 bits per heavy atom. The largest absolute Gasteiger partial charge is 0.436 e. The van der Waals surface area contributed by atoms with E-state index in [9.17, 15) is 23.1 Å². The molecule has 0 aliphatic rings. The Labute approximate surface area is 151 Å². The van der Waals surface area contributed by atoms with E-state index in [0.717, 1.165) is 12.1 Å². The van der Waals surface area contributed by atoms with Gasteiger partial charge in [0.2, 0.25) is 5.89 Å². The predicted octanol–water partition coefficient (Wildman–Crippen LogP) is 2.60. The maximum absolute atomic E-state index is 12.6. The van der Waals surface area contributed by atoms with Gasteiger partial charge in [0.25, 0.3) is 5.91 Å². The quantitative estimate of drug-likeness (QED) is 0.632. The van der Waals surface area contributed by atoms with Crippen molar-refractivity contribution in [3.63, 3.8) is 0 Å². The molecular weight excluding hydrogens is 365 g/mol. The number of amides is 1. The number of hydrogen-bond donors (Lipinski definition) is 3. The predicted molar refractivity (Wildman–Crippen MR) is 89.9 cm³/mol. The van der Waals surface area contributed by atoms with E-state index in [1.807, 2.05) is 0 Å². The van der Waals surface area contributed by atoms with Crippen LogP contribution < -0.4 is 5.32 Å². The first-order valence-electron chi connectivity index (χ1n) is 7.93. The highest BCUT2D eigenvalue weighted by molar-refractivity contribution is 5.97. The third-order valence-corrected chi connectivity index (χ3v) is 3.82. The Morgan fingerprint density at radius 1 is 1.19 bits per heavy atom. The van der Waals surface area contributed by atoms with Crippen LogP contribution in [-0.4, -0.2) is 40.4 Å². The van der Waals surface area contributed by atoms with Crippen LogP contribution in [0.5, 0.6) is 0 Å². The van der Waals surface area contributed by atoms with Crippen LogP contribution in [0, 0.1) is 0 Å². The van der Waals surface area contributed by atoms with Crippen LogP contribution in [0.2, 0.25) is 0 Å². The minimum absolute atomic E-state index is 0.108. The molecule has 142 valence electrons. The van der Waals surface area contributed by atoms with Gasteiger partial charge in [-0.15, -0.1) is 0 Å². The zero-order valence-electron chi connectivity index (χ0n) is 13.8. The van der Waals surface area contributed by atoms with Crippen LogP contribution in [0.1, 0.15) is 15.9 Å². The smallest absolute Gasteiger partial charge is 0.416 e. The van der Waals surface area contributed by atoms with Gasteiger partial charge in [0.15, 0.2) is 5.58 Å². The molecule has 3 rings (SSSR count). The highest BCUT2D eigenvalue weighted by atomic mass is 19.4. The van der Waals surface area contributed by atoms with Gasteiger partial charge in [0, 0.05) is 17.7 Å². The van der Waals surface area contributed by atoms with Crippen molar-refractivity contribution in [3.8, 4) is 11.5 Å². The molecule has 0 saturated carbocycles. The number of nitrogens with one attached hydrogen (secondary N) is 1. The number of halogens is 3. The fourth-order valence-corrected chi connectivity index (χ4v) is 2.37. The van der Waals surface area contributed by atoms with Crippen LogP contribution in [0.15, 0.2) is 46.9 Å². The molecule has 6 nitrogen and oxygen atoms in total. The Hall–Kier alpha value is -2.91. The van der Waals surface area contributed by atoms with Crippen molar-refractivity contribution >= 4 is 17.0 Å². The fourth-order valence-electron chi connectivity index (χ4n) is 2.37. The second kappa shape index (κ2) is 7.37. The summed E-state index contributed by atoms with van der Waals surface area (Å²) in [4.78, 5) is 16.3. The molecular formula is C18H15F3N2O4. The monoisotopic (exact) mass is 380 g/mol. The van der Waals surface area contributed by atoms with Crippen LogP contribution >= 0.6 is 0 Å². The molecule has 2 aromatic carbocycles. The molecule has 0 spiro atoms. The summed E-state index contributed by atoms with van der Waals surface area (Å²) in [5, 5.41) is 20.5. The minimum Gasteiger partial charge on any atom is -0.436 e. The number of rotatable bonds is 5. The van der Waals surface area contributed by atoms with E-state index in [0.29, 0.717) is 16.7 Å². The molecule has 0 aliphatic carbocycles. The topological polar surface area (TPSA) is 95.6 Å². The summed E-state index contributed by atoms with van der Waals surface area (Å²) in [5.41, 5.74) is 0.597. The number of aliphatic hydroxyl groups is 2. The molecule has 1 amide bonds. The van der Waals surface area contributed by atoms with Gasteiger partial charge in [-0.2, -0.15) is 13.2 Å². The summed E-state index contributed by atoms with van der Waals surface area (Å²) < 4.78 is 43.4. The summed E-state index contributed by atoms with van der Waals surface area (Å²) in [7, 11) is 0. The van der Waals surface area contributed by atoms with E-state index in [-0.39, 0.29) is 18.0 Å². The first-order chi connectivity index (χ1) is 12.8. The van der Waals surface area contributed by atoms with Gasteiger partial charge in [0.05, 0.1) is 18.3 Å². The van der Waals surface area contributed by atoms with E-state index >= 15 is 0 Å². The number of nitrogens with zero attached hydrogens (tertiary/aromatic N) is 1. The highest BCUT2D eigenvalue weighted by Crippen LogP contribution is 2.31. The number of carbonyl (C=O) groups is 1.